The Kier molecular flexibility index (Phi) is 3.85. The van der Waals surface area contributed by atoms with Crippen molar-refractivity contribution in [1.82, 2.24) is 4.98 Å². The zero-order valence-corrected chi connectivity index (χ0v) is 12.9. The Hall–Kier alpha value is -1.61. The summed E-state index contributed by atoms with van der Waals surface area (Å²) in [5, 5.41) is 1.33. The number of rotatable bonds is 5. The van der Waals surface area contributed by atoms with Crippen molar-refractivity contribution in [1.29, 1.82) is 0 Å². The van der Waals surface area contributed by atoms with Crippen molar-refractivity contribution in [2.45, 2.75) is 51.6 Å². The van der Waals surface area contributed by atoms with Gasteiger partial charge in [0.2, 0.25) is 0 Å². The molecular weight excluding hydrogens is 262 g/mol. The third-order valence-electron chi connectivity index (χ3n) is 4.83. The molecular formula is C18H23NO2. The van der Waals surface area contributed by atoms with Gasteiger partial charge in [-0.25, -0.2) is 0 Å². The number of aromatic amines is 1. The zero-order valence-electron chi connectivity index (χ0n) is 12.9. The molecule has 1 N–H and O–H groups in total. The number of para-hydroxylation sites is 1. The van der Waals surface area contributed by atoms with Crippen LogP contribution in [0.1, 0.15) is 49.9 Å². The highest BCUT2D eigenvalue weighted by Gasteiger charge is 2.38. The van der Waals surface area contributed by atoms with E-state index in [1.807, 2.05) is 0 Å². The van der Waals surface area contributed by atoms with Gasteiger partial charge in [-0.3, -0.25) is 0 Å². The van der Waals surface area contributed by atoms with Gasteiger partial charge < -0.3 is 14.5 Å². The van der Waals surface area contributed by atoms with Crippen LogP contribution in [-0.2, 0) is 28.0 Å². The molecule has 1 aliphatic heterocycles. The second-order valence-electron chi connectivity index (χ2n) is 5.82. The van der Waals surface area contributed by atoms with Crippen LogP contribution in [0.15, 0.2) is 18.2 Å². The van der Waals surface area contributed by atoms with Crippen molar-refractivity contribution in [2.24, 2.45) is 0 Å². The number of aldehydes is 1. The summed E-state index contributed by atoms with van der Waals surface area (Å²) in [5.41, 5.74) is 4.87. The van der Waals surface area contributed by atoms with Gasteiger partial charge >= 0.3 is 0 Å². The molecule has 0 saturated heterocycles. The predicted octanol–water partition coefficient (Wildman–Crippen LogP) is 3.89. The number of nitrogens with one attached hydrogen (secondary N) is 1. The number of carbonyl (C=O) groups excluding carboxylic acids is 1. The normalized spacial score (nSPS) is 21.4. The smallest absolute Gasteiger partial charge is 0.120 e. The first-order valence-corrected chi connectivity index (χ1v) is 7.96. The lowest BCUT2D eigenvalue weighted by atomic mass is 9.85. The molecule has 0 saturated carbocycles. The van der Waals surface area contributed by atoms with E-state index in [1.54, 1.807) is 0 Å². The molecule has 1 unspecified atom stereocenters. The molecule has 1 aromatic carbocycles. The van der Waals surface area contributed by atoms with Gasteiger partial charge in [-0.15, -0.1) is 0 Å². The first kappa shape index (κ1) is 14.3. The fourth-order valence-electron chi connectivity index (χ4n) is 3.64. The van der Waals surface area contributed by atoms with Crippen LogP contribution in [-0.4, -0.2) is 17.9 Å². The van der Waals surface area contributed by atoms with Crippen molar-refractivity contribution in [3.05, 3.63) is 35.0 Å². The van der Waals surface area contributed by atoms with Crippen LogP contribution < -0.4 is 0 Å². The standard InChI is InChI=1S/C18H23NO2/c1-3-13-7-5-8-14-15-9-12-21-18(4-2,10-6-11-20)17(15)19-16(13)14/h5,7-8,11,19H,3-4,6,9-10,12H2,1-2H3. The van der Waals surface area contributed by atoms with E-state index >= 15 is 0 Å². The molecule has 1 aromatic heterocycles. The predicted molar refractivity (Wildman–Crippen MR) is 84.6 cm³/mol. The van der Waals surface area contributed by atoms with Crippen molar-refractivity contribution < 1.29 is 9.53 Å². The molecule has 3 heteroatoms. The molecule has 21 heavy (non-hydrogen) atoms. The second kappa shape index (κ2) is 5.64. The average Bonchev–Trinajstić information content (AvgIpc) is 2.92. The molecule has 112 valence electrons. The van der Waals surface area contributed by atoms with E-state index in [9.17, 15) is 4.79 Å². The third kappa shape index (κ3) is 2.20. The first-order chi connectivity index (χ1) is 10.3. The Balaban J connectivity index is 2.19. The maximum Gasteiger partial charge on any atom is 0.120 e. The van der Waals surface area contributed by atoms with Crippen LogP contribution in [0.25, 0.3) is 10.9 Å². The number of fused-ring (bicyclic) bond motifs is 3. The van der Waals surface area contributed by atoms with Gasteiger partial charge in [0.1, 0.15) is 11.9 Å². The molecule has 0 amide bonds. The molecule has 0 aliphatic carbocycles. The minimum atomic E-state index is -0.321. The van der Waals surface area contributed by atoms with Crippen LogP contribution in [0.4, 0.5) is 0 Å². The van der Waals surface area contributed by atoms with Crippen LogP contribution >= 0.6 is 0 Å². The monoisotopic (exact) mass is 285 g/mol. The van der Waals surface area contributed by atoms with E-state index in [0.717, 1.165) is 38.6 Å². The molecule has 0 radical (unpaired) electrons. The van der Waals surface area contributed by atoms with Gasteiger partial charge in [0.25, 0.3) is 0 Å². The van der Waals surface area contributed by atoms with Crippen LogP contribution in [0.3, 0.4) is 0 Å². The molecule has 0 bridgehead atoms. The number of carbonyl (C=O) groups is 1. The third-order valence-corrected chi connectivity index (χ3v) is 4.83. The Morgan fingerprint density at radius 2 is 2.24 bits per heavy atom. The van der Waals surface area contributed by atoms with Crippen molar-refractivity contribution in [3.8, 4) is 0 Å². The van der Waals surface area contributed by atoms with E-state index in [1.165, 1.54) is 27.7 Å². The highest BCUT2D eigenvalue weighted by Crippen LogP contribution is 2.42. The number of hydrogen-bond donors (Lipinski definition) is 1. The molecule has 1 aliphatic rings. The minimum Gasteiger partial charge on any atom is -0.368 e. The van der Waals surface area contributed by atoms with Crippen LogP contribution in [0.5, 0.6) is 0 Å². The summed E-state index contributed by atoms with van der Waals surface area (Å²) < 4.78 is 6.16. The lowest BCUT2D eigenvalue weighted by Crippen LogP contribution is -2.35. The van der Waals surface area contributed by atoms with Gasteiger partial charge in [0.15, 0.2) is 0 Å². The second-order valence-corrected chi connectivity index (χ2v) is 5.82. The van der Waals surface area contributed by atoms with E-state index in [0.29, 0.717) is 6.42 Å². The number of aryl methyl sites for hydroxylation is 1. The van der Waals surface area contributed by atoms with E-state index in [2.05, 4.69) is 37.0 Å². The summed E-state index contributed by atoms with van der Waals surface area (Å²) >= 11 is 0. The first-order valence-electron chi connectivity index (χ1n) is 7.96. The molecule has 2 aromatic rings. The lowest BCUT2D eigenvalue weighted by molar-refractivity contribution is -0.111. The zero-order chi connectivity index (χ0) is 14.9. The number of aromatic nitrogens is 1. The van der Waals surface area contributed by atoms with E-state index < -0.39 is 0 Å². The highest BCUT2D eigenvalue weighted by atomic mass is 16.5. The number of hydrogen-bond acceptors (Lipinski definition) is 2. The summed E-state index contributed by atoms with van der Waals surface area (Å²) in [7, 11) is 0. The SMILES string of the molecule is CCc1cccc2c3c([nH]c12)C(CC)(CCC=O)OCC3. The van der Waals surface area contributed by atoms with Crippen molar-refractivity contribution in [2.75, 3.05) is 6.61 Å². The number of ether oxygens (including phenoxy) is 1. The van der Waals surface area contributed by atoms with Crippen LogP contribution in [0, 0.1) is 0 Å². The fraction of sp³-hybridized carbons (Fsp3) is 0.500. The Labute approximate surface area is 125 Å². The fourth-order valence-corrected chi connectivity index (χ4v) is 3.64. The quantitative estimate of drug-likeness (QED) is 0.847. The van der Waals surface area contributed by atoms with Gasteiger partial charge in [-0.1, -0.05) is 32.0 Å². The van der Waals surface area contributed by atoms with Gasteiger partial charge in [-0.2, -0.15) is 0 Å². The maximum absolute atomic E-state index is 10.8. The van der Waals surface area contributed by atoms with Gasteiger partial charge in [0.05, 0.1) is 12.3 Å². The summed E-state index contributed by atoms with van der Waals surface area (Å²) in [6, 6.07) is 6.53. The minimum absolute atomic E-state index is 0.321. The molecule has 1 atom stereocenters. The largest absolute Gasteiger partial charge is 0.368 e. The average molecular weight is 285 g/mol. The molecule has 0 fully saturated rings. The van der Waals surface area contributed by atoms with Crippen molar-refractivity contribution >= 4 is 17.2 Å². The maximum atomic E-state index is 10.8. The van der Waals surface area contributed by atoms with Gasteiger partial charge in [0, 0.05) is 17.3 Å². The topological polar surface area (TPSA) is 42.1 Å². The van der Waals surface area contributed by atoms with Crippen molar-refractivity contribution in [3.63, 3.8) is 0 Å². The van der Waals surface area contributed by atoms with Gasteiger partial charge in [-0.05, 0) is 36.8 Å². The molecule has 2 heterocycles. The summed E-state index contributed by atoms with van der Waals surface area (Å²) in [4.78, 5) is 14.5. The number of benzene rings is 1. The summed E-state index contributed by atoms with van der Waals surface area (Å²) in [5.74, 6) is 0. The Bertz CT molecular complexity index is 659. The van der Waals surface area contributed by atoms with Crippen LogP contribution in [0.2, 0.25) is 0 Å². The summed E-state index contributed by atoms with van der Waals surface area (Å²) in [6.45, 7) is 5.07. The lowest BCUT2D eigenvalue weighted by Gasteiger charge is -2.36. The molecule has 0 spiro atoms. The molecule has 3 nitrogen and oxygen atoms in total. The Morgan fingerprint density at radius 1 is 1.38 bits per heavy atom. The highest BCUT2D eigenvalue weighted by molar-refractivity contribution is 5.88. The summed E-state index contributed by atoms with van der Waals surface area (Å²) in [6.07, 6.45) is 5.16. The van der Waals surface area contributed by atoms with E-state index in [-0.39, 0.29) is 5.60 Å². The van der Waals surface area contributed by atoms with E-state index in [4.69, 9.17) is 4.74 Å². The molecule has 3 rings (SSSR count). The Morgan fingerprint density at radius 3 is 2.95 bits per heavy atom. The number of H-pyrrole nitrogens is 1.